The van der Waals surface area contributed by atoms with E-state index in [4.69, 9.17) is 24.8 Å². The molecule has 0 aromatic carbocycles. The molecule has 0 radical (unpaired) electrons. The molecule has 1 rings (SSSR count). The van der Waals surface area contributed by atoms with Crippen LogP contribution in [0, 0.1) is 0 Å². The van der Waals surface area contributed by atoms with Crippen LogP contribution in [0.4, 0.5) is 0 Å². The Morgan fingerprint density at radius 3 is 2.04 bits per heavy atom. The maximum atomic E-state index is 10.7. The fraction of sp³-hybridized carbons (Fsp3) is 0.917. The van der Waals surface area contributed by atoms with Gasteiger partial charge in [-0.15, -0.1) is 0 Å². The van der Waals surface area contributed by atoms with Crippen LogP contribution in [0.3, 0.4) is 0 Å². The number of aliphatic carboxylic acids is 1. The Bertz CT molecular complexity index is 410. The van der Waals surface area contributed by atoms with Crippen molar-refractivity contribution < 1.29 is 60.2 Å². The minimum absolute atomic E-state index is 0. The van der Waals surface area contributed by atoms with Gasteiger partial charge in [-0.3, -0.25) is 0 Å². The molecule has 25 heavy (non-hydrogen) atoms. The van der Waals surface area contributed by atoms with Crippen LogP contribution in [0.1, 0.15) is 0 Å². The van der Waals surface area contributed by atoms with Gasteiger partial charge in [-0.1, -0.05) is 0 Å². The zero-order valence-corrected chi connectivity index (χ0v) is 12.4. The van der Waals surface area contributed by atoms with Crippen LogP contribution in [0.5, 0.6) is 0 Å². The summed E-state index contributed by atoms with van der Waals surface area (Å²) < 4.78 is 9.98. The van der Waals surface area contributed by atoms with Gasteiger partial charge in [0.05, 0.1) is 13.2 Å². The SMILES string of the molecule is O=C(O)[C@H](O)[C@@H](O)[C@H](O[C@@H]1O[C@H](CO)[C@H](O)[C@H](O)[C@H]1O)[C@H](O)CO.[KH]. The van der Waals surface area contributed by atoms with E-state index in [1.807, 2.05) is 0 Å². The number of ether oxygens (including phenoxy) is 2. The molecular formula is C12H23KO12. The Labute approximate surface area is 184 Å². The van der Waals surface area contributed by atoms with Gasteiger partial charge in [0, 0.05) is 0 Å². The van der Waals surface area contributed by atoms with E-state index in [9.17, 15) is 35.4 Å². The molecule has 13 heteroatoms. The van der Waals surface area contributed by atoms with E-state index >= 15 is 0 Å². The van der Waals surface area contributed by atoms with Gasteiger partial charge >= 0.3 is 57.4 Å². The van der Waals surface area contributed by atoms with Crippen LogP contribution in [0.2, 0.25) is 0 Å². The molecule has 0 aliphatic carbocycles. The summed E-state index contributed by atoms with van der Waals surface area (Å²) in [5.74, 6) is -1.84. The van der Waals surface area contributed by atoms with E-state index in [-0.39, 0.29) is 51.4 Å². The summed E-state index contributed by atoms with van der Waals surface area (Å²) in [6.45, 7) is -1.76. The minimum atomic E-state index is -2.39. The number of hydrogen-bond acceptors (Lipinski definition) is 11. The van der Waals surface area contributed by atoms with Gasteiger partial charge in [-0.2, -0.15) is 0 Å². The van der Waals surface area contributed by atoms with E-state index < -0.39 is 74.3 Å². The second-order valence-corrected chi connectivity index (χ2v) is 5.32. The molecule has 1 aliphatic heterocycles. The molecule has 1 fully saturated rings. The molecule has 0 spiro atoms. The van der Waals surface area contributed by atoms with Crippen molar-refractivity contribution in [1.82, 2.24) is 0 Å². The fourth-order valence-corrected chi connectivity index (χ4v) is 2.16. The molecule has 0 bridgehead atoms. The molecule has 1 aliphatic rings. The molecule has 12 nitrogen and oxygen atoms in total. The topological polar surface area (TPSA) is 218 Å². The van der Waals surface area contributed by atoms with Gasteiger partial charge in [-0.25, -0.2) is 4.79 Å². The third kappa shape index (κ3) is 6.37. The van der Waals surface area contributed by atoms with Crippen molar-refractivity contribution in [3.8, 4) is 0 Å². The summed E-state index contributed by atoms with van der Waals surface area (Å²) in [5, 5.41) is 84.5. The fourth-order valence-electron chi connectivity index (χ4n) is 2.16. The van der Waals surface area contributed by atoms with Gasteiger partial charge in [0.1, 0.15) is 42.7 Å². The number of carboxylic acid groups (broad SMARTS) is 1. The van der Waals surface area contributed by atoms with Gasteiger partial charge in [0.25, 0.3) is 0 Å². The van der Waals surface area contributed by atoms with Crippen LogP contribution in [-0.4, -0.2) is 172 Å². The van der Waals surface area contributed by atoms with E-state index in [2.05, 4.69) is 0 Å². The average Bonchev–Trinajstić information content (AvgIpc) is 2.57. The molecule has 0 saturated carbocycles. The van der Waals surface area contributed by atoms with E-state index in [0.29, 0.717) is 0 Å². The molecule has 9 N–H and O–H groups in total. The predicted octanol–water partition coefficient (Wildman–Crippen LogP) is -6.32. The van der Waals surface area contributed by atoms with E-state index in [1.54, 1.807) is 0 Å². The van der Waals surface area contributed by atoms with Crippen LogP contribution in [0.25, 0.3) is 0 Å². The van der Waals surface area contributed by atoms with E-state index in [0.717, 1.165) is 0 Å². The number of aliphatic hydroxyl groups is 8. The van der Waals surface area contributed by atoms with E-state index in [1.165, 1.54) is 0 Å². The molecule has 144 valence electrons. The standard InChI is InChI=1S/C12H22O12.K.H/c13-1-3(15)10(7(18)8(19)11(21)22)24-12-9(20)6(17)5(16)4(2-14)23-12;;/h3-10,12-20H,1-2H2,(H,21,22);;/t3-,4-,5+,6+,7-,8-,9-,10-,12+;;/m1../s1. The molecule has 1 heterocycles. The first-order chi connectivity index (χ1) is 11.1. The Balaban J connectivity index is 0.00000576. The second kappa shape index (κ2) is 11.5. The summed E-state index contributed by atoms with van der Waals surface area (Å²) in [7, 11) is 0. The quantitative estimate of drug-likeness (QED) is 0.174. The Kier molecular flexibility index (Phi) is 11.9. The summed E-state index contributed by atoms with van der Waals surface area (Å²) in [5.41, 5.74) is 0. The van der Waals surface area contributed by atoms with Crippen molar-refractivity contribution in [3.63, 3.8) is 0 Å². The molecule has 1 saturated heterocycles. The first kappa shape index (κ1) is 25.7. The van der Waals surface area contributed by atoms with Crippen LogP contribution < -0.4 is 0 Å². The third-order valence-corrected chi connectivity index (χ3v) is 3.62. The molecule has 0 aromatic heterocycles. The van der Waals surface area contributed by atoms with Crippen LogP contribution in [-0.2, 0) is 14.3 Å². The van der Waals surface area contributed by atoms with Crippen molar-refractivity contribution in [2.24, 2.45) is 0 Å². The summed E-state index contributed by atoms with van der Waals surface area (Å²) in [6, 6.07) is 0. The van der Waals surface area contributed by atoms with Gasteiger partial charge in [0.15, 0.2) is 12.4 Å². The van der Waals surface area contributed by atoms with Gasteiger partial charge in [0.2, 0.25) is 0 Å². The number of aliphatic hydroxyl groups excluding tert-OH is 8. The van der Waals surface area contributed by atoms with Gasteiger partial charge < -0.3 is 55.4 Å². The van der Waals surface area contributed by atoms with Crippen LogP contribution >= 0.6 is 0 Å². The maximum absolute atomic E-state index is 10.7. The Morgan fingerprint density at radius 1 is 1.04 bits per heavy atom. The zero-order valence-electron chi connectivity index (χ0n) is 12.4. The first-order valence-electron chi connectivity index (χ1n) is 6.99. The molecule has 0 aromatic rings. The number of carboxylic acids is 1. The number of rotatable bonds is 8. The zero-order chi connectivity index (χ0) is 18.6. The summed E-state index contributed by atoms with van der Waals surface area (Å²) in [4.78, 5) is 10.7. The molecular weight excluding hydrogens is 375 g/mol. The Hall–Kier alpha value is 0.706. The van der Waals surface area contributed by atoms with Crippen molar-refractivity contribution >= 4 is 57.4 Å². The van der Waals surface area contributed by atoms with Crippen molar-refractivity contribution in [2.75, 3.05) is 13.2 Å². The summed E-state index contributed by atoms with van der Waals surface area (Å²) >= 11 is 0. The predicted molar refractivity (Wildman–Crippen MR) is 78.5 cm³/mol. The Morgan fingerprint density at radius 2 is 1.60 bits per heavy atom. The second-order valence-electron chi connectivity index (χ2n) is 5.32. The average molecular weight is 398 g/mol. The molecule has 0 unspecified atom stereocenters. The van der Waals surface area contributed by atoms with Gasteiger partial charge in [-0.05, 0) is 0 Å². The van der Waals surface area contributed by atoms with Crippen molar-refractivity contribution in [2.45, 2.75) is 55.1 Å². The normalized spacial score (nSPS) is 34.5. The molecule has 9 atom stereocenters. The molecule has 0 amide bonds. The number of hydrogen-bond donors (Lipinski definition) is 9. The van der Waals surface area contributed by atoms with Crippen LogP contribution in [0.15, 0.2) is 0 Å². The first-order valence-corrected chi connectivity index (χ1v) is 6.99. The summed E-state index contributed by atoms with van der Waals surface area (Å²) in [6.07, 6.45) is -16.9. The monoisotopic (exact) mass is 398 g/mol. The van der Waals surface area contributed by atoms with Crippen molar-refractivity contribution in [1.29, 1.82) is 0 Å². The third-order valence-electron chi connectivity index (χ3n) is 3.62. The number of carbonyl (C=O) groups is 1. The van der Waals surface area contributed by atoms with Crippen molar-refractivity contribution in [3.05, 3.63) is 0 Å².